The normalized spacial score (nSPS) is 53.7. The Morgan fingerprint density at radius 1 is 1.47 bits per heavy atom. The van der Waals surface area contributed by atoms with Gasteiger partial charge in [0.15, 0.2) is 0 Å². The summed E-state index contributed by atoms with van der Waals surface area (Å²) >= 11 is 0. The minimum Gasteiger partial charge on any atom is -0.382 e. The third-order valence-electron chi connectivity index (χ3n) is 3.83. The van der Waals surface area contributed by atoms with Crippen LogP contribution < -0.4 is 5.32 Å². The van der Waals surface area contributed by atoms with Crippen molar-refractivity contribution in [2.24, 2.45) is 0 Å². The second kappa shape index (κ2) is 3.20. The average Bonchev–Trinajstić information content (AvgIpc) is 2.48. The van der Waals surface area contributed by atoms with E-state index in [0.29, 0.717) is 13.2 Å². The summed E-state index contributed by atoms with van der Waals surface area (Å²) in [6.45, 7) is 5.11. The highest BCUT2D eigenvalue weighted by molar-refractivity contribution is 6.15. The summed E-state index contributed by atoms with van der Waals surface area (Å²) in [6, 6.07) is 0. The van der Waals surface area contributed by atoms with Crippen LogP contribution in [0.1, 0.15) is 13.8 Å². The number of nitrogens with one attached hydrogen (secondary N) is 1. The van der Waals surface area contributed by atoms with E-state index >= 15 is 0 Å². The predicted molar refractivity (Wildman–Crippen MR) is 57.1 cm³/mol. The molecule has 4 atom stereocenters. The molecule has 2 rings (SSSR count). The first-order chi connectivity index (χ1) is 6.92. The van der Waals surface area contributed by atoms with Gasteiger partial charge in [0.25, 0.3) is 0 Å². The highest BCUT2D eigenvalue weighted by Crippen LogP contribution is 2.49. The molecule has 2 radical (unpaired) electrons. The van der Waals surface area contributed by atoms with Gasteiger partial charge in [0, 0.05) is 26.3 Å². The lowest BCUT2D eigenvalue weighted by Gasteiger charge is -2.41. The number of hydrogen-bond donors (Lipinski definition) is 1. The standard InChI is InChI=1S/C10H18BNO3/c1-8-7(14-4)10(5-12-8,6-13-3)15-9(8,2)11/h7,12H,5-6H2,1-4H3/t7-,8?,9+,10-/m0/s1. The minimum atomic E-state index is -0.732. The summed E-state index contributed by atoms with van der Waals surface area (Å²) in [5, 5.41) is 3.39. The van der Waals surface area contributed by atoms with Crippen molar-refractivity contribution in [3.05, 3.63) is 0 Å². The monoisotopic (exact) mass is 211 g/mol. The largest absolute Gasteiger partial charge is 0.382 e. The van der Waals surface area contributed by atoms with Gasteiger partial charge in [0.05, 0.1) is 12.1 Å². The highest BCUT2D eigenvalue weighted by atomic mass is 16.6. The van der Waals surface area contributed by atoms with Gasteiger partial charge in [0.2, 0.25) is 0 Å². The van der Waals surface area contributed by atoms with E-state index in [-0.39, 0.29) is 11.6 Å². The fourth-order valence-corrected chi connectivity index (χ4v) is 2.95. The first-order valence-electron chi connectivity index (χ1n) is 5.18. The van der Waals surface area contributed by atoms with E-state index < -0.39 is 11.1 Å². The maximum atomic E-state index is 6.16. The Hall–Kier alpha value is -0.0951. The van der Waals surface area contributed by atoms with Crippen LogP contribution in [-0.2, 0) is 14.2 Å². The summed E-state index contributed by atoms with van der Waals surface area (Å²) in [4.78, 5) is 0. The molecule has 2 heterocycles. The Balaban J connectivity index is 2.36. The molecule has 84 valence electrons. The maximum Gasteiger partial charge on any atom is 0.131 e. The van der Waals surface area contributed by atoms with Crippen LogP contribution in [0.5, 0.6) is 0 Å². The van der Waals surface area contributed by atoms with Crippen molar-refractivity contribution in [3.63, 3.8) is 0 Å². The lowest BCUT2D eigenvalue weighted by Crippen LogP contribution is -2.61. The van der Waals surface area contributed by atoms with Crippen LogP contribution in [0.3, 0.4) is 0 Å². The average molecular weight is 211 g/mol. The molecule has 15 heavy (non-hydrogen) atoms. The van der Waals surface area contributed by atoms with Crippen molar-refractivity contribution in [1.82, 2.24) is 5.32 Å². The summed E-state index contributed by atoms with van der Waals surface area (Å²) < 4.78 is 16.7. The highest BCUT2D eigenvalue weighted by Gasteiger charge is 2.70. The summed E-state index contributed by atoms with van der Waals surface area (Å²) in [7, 11) is 9.50. The van der Waals surface area contributed by atoms with E-state index in [2.05, 4.69) is 5.32 Å². The number of ether oxygens (including phenoxy) is 3. The van der Waals surface area contributed by atoms with Gasteiger partial charge in [-0.15, -0.1) is 0 Å². The van der Waals surface area contributed by atoms with E-state index in [4.69, 9.17) is 22.1 Å². The Labute approximate surface area is 92.1 Å². The minimum absolute atomic E-state index is 0.0834. The molecule has 2 aliphatic heterocycles. The fourth-order valence-electron chi connectivity index (χ4n) is 2.95. The summed E-state index contributed by atoms with van der Waals surface area (Å²) in [6.07, 6.45) is -0.0834. The Bertz CT molecular complexity index is 269. The van der Waals surface area contributed by atoms with Crippen LogP contribution in [0.2, 0.25) is 0 Å². The SMILES string of the molecule is [B][C@]1(C)O[C@]2(COC)CNC1(C)[C@@H]2OC. The maximum absolute atomic E-state index is 6.16. The van der Waals surface area contributed by atoms with Crippen LogP contribution in [0.15, 0.2) is 0 Å². The number of rotatable bonds is 3. The van der Waals surface area contributed by atoms with E-state index in [1.54, 1.807) is 14.2 Å². The van der Waals surface area contributed by atoms with Crippen LogP contribution in [-0.4, -0.2) is 58.0 Å². The van der Waals surface area contributed by atoms with Crippen LogP contribution in [0.4, 0.5) is 0 Å². The van der Waals surface area contributed by atoms with Crippen molar-refractivity contribution in [3.8, 4) is 0 Å². The Kier molecular flexibility index (Phi) is 2.43. The zero-order valence-corrected chi connectivity index (χ0v) is 9.79. The predicted octanol–water partition coefficient (Wildman–Crippen LogP) is -0.337. The number of hydrogen-bond acceptors (Lipinski definition) is 4. The van der Waals surface area contributed by atoms with Gasteiger partial charge in [-0.2, -0.15) is 0 Å². The van der Waals surface area contributed by atoms with Crippen molar-refractivity contribution in [1.29, 1.82) is 0 Å². The van der Waals surface area contributed by atoms with Crippen molar-refractivity contribution < 1.29 is 14.2 Å². The van der Waals surface area contributed by atoms with Crippen molar-refractivity contribution >= 4 is 7.85 Å². The van der Waals surface area contributed by atoms with Gasteiger partial charge in [0.1, 0.15) is 19.6 Å². The quantitative estimate of drug-likeness (QED) is 0.648. The Morgan fingerprint density at radius 3 is 2.60 bits per heavy atom. The van der Waals surface area contributed by atoms with E-state index in [1.807, 2.05) is 13.8 Å². The topological polar surface area (TPSA) is 39.7 Å². The van der Waals surface area contributed by atoms with Gasteiger partial charge in [-0.3, -0.25) is 0 Å². The molecule has 2 aliphatic rings. The molecular formula is C10H18BNO3. The van der Waals surface area contributed by atoms with Gasteiger partial charge in [-0.05, 0) is 13.8 Å². The molecule has 0 saturated carbocycles. The fraction of sp³-hybridized carbons (Fsp3) is 1.00. The summed E-state index contributed by atoms with van der Waals surface area (Å²) in [5.74, 6) is 0. The molecule has 0 amide bonds. The van der Waals surface area contributed by atoms with Gasteiger partial charge >= 0.3 is 0 Å². The van der Waals surface area contributed by atoms with Gasteiger partial charge < -0.3 is 19.5 Å². The summed E-state index contributed by atoms with van der Waals surface area (Å²) in [5.41, 5.74) is -1.55. The molecule has 2 bridgehead atoms. The number of morpholine rings is 1. The molecule has 0 aromatic heterocycles. The second-order valence-electron chi connectivity index (χ2n) is 4.88. The lowest BCUT2D eigenvalue weighted by atomic mass is 9.68. The van der Waals surface area contributed by atoms with Crippen molar-refractivity contribution in [2.45, 2.75) is 36.6 Å². The number of methoxy groups -OCH3 is 2. The van der Waals surface area contributed by atoms with E-state index in [9.17, 15) is 0 Å². The van der Waals surface area contributed by atoms with Crippen molar-refractivity contribution in [2.75, 3.05) is 27.4 Å². The van der Waals surface area contributed by atoms with E-state index in [1.165, 1.54) is 0 Å². The molecule has 1 N–H and O–H groups in total. The number of fused-ring (bicyclic) bond motifs is 2. The van der Waals surface area contributed by atoms with Gasteiger partial charge in [-0.25, -0.2) is 0 Å². The molecule has 5 heteroatoms. The third-order valence-corrected chi connectivity index (χ3v) is 3.83. The molecule has 2 fully saturated rings. The van der Waals surface area contributed by atoms with Crippen LogP contribution >= 0.6 is 0 Å². The van der Waals surface area contributed by atoms with Crippen LogP contribution in [0.25, 0.3) is 0 Å². The third kappa shape index (κ3) is 1.24. The first kappa shape index (κ1) is 11.4. The molecular weight excluding hydrogens is 193 g/mol. The zero-order chi connectivity index (χ0) is 11.3. The molecule has 2 saturated heterocycles. The Morgan fingerprint density at radius 2 is 2.13 bits per heavy atom. The second-order valence-corrected chi connectivity index (χ2v) is 4.88. The molecule has 0 aliphatic carbocycles. The molecule has 0 aromatic carbocycles. The van der Waals surface area contributed by atoms with E-state index in [0.717, 1.165) is 0 Å². The molecule has 0 spiro atoms. The first-order valence-corrected chi connectivity index (χ1v) is 5.18. The van der Waals surface area contributed by atoms with Gasteiger partial charge in [-0.1, -0.05) is 0 Å². The smallest absolute Gasteiger partial charge is 0.131 e. The molecule has 4 nitrogen and oxygen atoms in total. The zero-order valence-electron chi connectivity index (χ0n) is 9.79. The van der Waals surface area contributed by atoms with Crippen LogP contribution in [0, 0.1) is 0 Å². The molecule has 0 aromatic rings. The lowest BCUT2D eigenvalue weighted by molar-refractivity contribution is -0.132. The molecule has 1 unspecified atom stereocenters.